The Hall–Kier alpha value is -2.10. The van der Waals surface area contributed by atoms with Crippen LogP contribution in [-0.4, -0.2) is 47.8 Å². The van der Waals surface area contributed by atoms with Gasteiger partial charge in [-0.2, -0.15) is 5.43 Å². The molecule has 2 fully saturated rings. The van der Waals surface area contributed by atoms with Gasteiger partial charge in [0.05, 0.1) is 0 Å². The molecule has 1 saturated carbocycles. The van der Waals surface area contributed by atoms with Crippen molar-refractivity contribution in [2.75, 3.05) is 19.6 Å². The summed E-state index contributed by atoms with van der Waals surface area (Å²) in [4.78, 5) is 13.8. The van der Waals surface area contributed by atoms with Gasteiger partial charge in [0.25, 0.3) is 0 Å². The number of rotatable bonds is 7. The van der Waals surface area contributed by atoms with Gasteiger partial charge in [-0.3, -0.25) is 9.69 Å². The molecule has 4 rings (SSSR count). The van der Waals surface area contributed by atoms with Gasteiger partial charge in [0.1, 0.15) is 11.9 Å². The summed E-state index contributed by atoms with van der Waals surface area (Å²) in [5.74, 6) is -0.00107. The van der Waals surface area contributed by atoms with E-state index in [0.717, 1.165) is 32.4 Å². The summed E-state index contributed by atoms with van der Waals surface area (Å²) in [7, 11) is 0. The van der Waals surface area contributed by atoms with Gasteiger partial charge in [0.2, 0.25) is 0 Å². The van der Waals surface area contributed by atoms with Crippen LogP contribution >= 0.6 is 0 Å². The number of piperidine rings is 1. The number of carbonyl (C=O) groups is 1. The first-order valence-corrected chi connectivity index (χ1v) is 10.8. The number of hydrogen-bond acceptors (Lipinski definition) is 7. The van der Waals surface area contributed by atoms with Crippen LogP contribution < -0.4 is 16.3 Å². The normalized spacial score (nSPS) is 33.3. The lowest BCUT2D eigenvalue weighted by Crippen LogP contribution is -2.55. The van der Waals surface area contributed by atoms with E-state index in [4.69, 9.17) is 0 Å². The quantitative estimate of drug-likeness (QED) is 0.542. The van der Waals surface area contributed by atoms with Gasteiger partial charge in [-0.15, -0.1) is 5.11 Å². The summed E-state index contributed by atoms with van der Waals surface area (Å²) in [5, 5.41) is 20.6. The number of nitrogens with one attached hydrogen (secondary N) is 3. The van der Waals surface area contributed by atoms with Crippen molar-refractivity contribution in [3.8, 4) is 0 Å². The Labute approximate surface area is 176 Å². The number of fused-ring (bicyclic) bond motifs is 1. The summed E-state index contributed by atoms with van der Waals surface area (Å²) in [6.45, 7) is 4.99. The fourth-order valence-electron chi connectivity index (χ4n) is 5.46. The second-order valence-corrected chi connectivity index (χ2v) is 9.27. The van der Waals surface area contributed by atoms with Crippen LogP contribution in [0, 0.1) is 23.1 Å². The van der Waals surface area contributed by atoms with Gasteiger partial charge in [-0.25, -0.2) is 9.93 Å². The molecule has 2 aliphatic heterocycles. The SMILES string of the molecule is C[C@]12C[C@@H](CN(Cc3ccccc3F)CC3N=NNN3)CC[C@H]1CN[C@H](C(=O)O)C2. The van der Waals surface area contributed by atoms with Gasteiger partial charge in [-0.05, 0) is 55.5 Å². The zero-order valence-electron chi connectivity index (χ0n) is 17.4. The number of benzene rings is 1. The van der Waals surface area contributed by atoms with Crippen molar-refractivity contribution in [3.05, 3.63) is 35.6 Å². The second kappa shape index (κ2) is 8.95. The molecule has 5 atom stereocenters. The molecule has 1 unspecified atom stereocenters. The predicted octanol–water partition coefficient (Wildman–Crippen LogP) is 2.30. The highest BCUT2D eigenvalue weighted by molar-refractivity contribution is 5.73. The van der Waals surface area contributed by atoms with E-state index < -0.39 is 12.0 Å². The smallest absolute Gasteiger partial charge is 0.320 e. The Bertz CT molecular complexity index is 793. The van der Waals surface area contributed by atoms with E-state index in [9.17, 15) is 14.3 Å². The zero-order chi connectivity index (χ0) is 21.1. The molecular formula is C21H31FN6O2. The maximum absolute atomic E-state index is 14.3. The average molecular weight is 419 g/mol. The fourth-order valence-corrected chi connectivity index (χ4v) is 5.46. The average Bonchev–Trinajstić information content (AvgIpc) is 3.21. The lowest BCUT2D eigenvalue weighted by atomic mass is 9.59. The van der Waals surface area contributed by atoms with Crippen LogP contribution in [0.5, 0.6) is 0 Å². The second-order valence-electron chi connectivity index (χ2n) is 9.27. The monoisotopic (exact) mass is 418 g/mol. The standard InChI is InChI=1S/C21H31FN6O2/c1-21-8-14(6-7-16(21)10-23-18(9-21)20(29)30)11-28(13-19-24-26-27-25-19)12-15-4-2-3-5-17(15)22/h2-5,14,16,18-19,23H,6-13H2,1H3,(H,24,27)(H,25,26)(H,29,30)/t14-,16-,18-,21+/m0/s1. The lowest BCUT2D eigenvalue weighted by molar-refractivity contribution is -0.142. The number of carboxylic acids is 1. The highest BCUT2D eigenvalue weighted by Crippen LogP contribution is 2.48. The van der Waals surface area contributed by atoms with Crippen LogP contribution in [0.25, 0.3) is 0 Å². The minimum absolute atomic E-state index is 0.0216. The Morgan fingerprint density at radius 2 is 2.13 bits per heavy atom. The first kappa shape index (κ1) is 21.1. The van der Waals surface area contributed by atoms with Crippen molar-refractivity contribution in [3.63, 3.8) is 0 Å². The molecule has 2 heterocycles. The molecule has 0 amide bonds. The van der Waals surface area contributed by atoms with Crippen molar-refractivity contribution in [2.24, 2.45) is 27.6 Å². The molecule has 9 heteroatoms. The summed E-state index contributed by atoms with van der Waals surface area (Å²) >= 11 is 0. The largest absolute Gasteiger partial charge is 0.480 e. The zero-order valence-corrected chi connectivity index (χ0v) is 17.4. The summed E-state index contributed by atoms with van der Waals surface area (Å²) in [5.41, 5.74) is 6.36. The van der Waals surface area contributed by atoms with Gasteiger partial charge in [0, 0.05) is 25.2 Å². The lowest BCUT2D eigenvalue weighted by Gasteiger charge is -2.50. The molecule has 1 aliphatic carbocycles. The van der Waals surface area contributed by atoms with Gasteiger partial charge >= 0.3 is 5.97 Å². The molecule has 0 spiro atoms. The molecular weight excluding hydrogens is 387 g/mol. The highest BCUT2D eigenvalue weighted by Gasteiger charge is 2.46. The summed E-state index contributed by atoms with van der Waals surface area (Å²) in [6.07, 6.45) is 3.69. The van der Waals surface area contributed by atoms with Crippen molar-refractivity contribution in [1.29, 1.82) is 0 Å². The van der Waals surface area contributed by atoms with E-state index in [1.807, 2.05) is 12.1 Å². The number of hydrogen-bond donors (Lipinski definition) is 4. The highest BCUT2D eigenvalue weighted by atomic mass is 19.1. The van der Waals surface area contributed by atoms with Gasteiger partial charge < -0.3 is 10.4 Å². The summed E-state index contributed by atoms with van der Waals surface area (Å²) < 4.78 is 14.3. The number of hydrazine groups is 1. The van der Waals surface area contributed by atoms with Crippen molar-refractivity contribution >= 4 is 5.97 Å². The molecule has 1 aromatic carbocycles. The Kier molecular flexibility index (Phi) is 6.31. The molecule has 30 heavy (non-hydrogen) atoms. The minimum Gasteiger partial charge on any atom is -0.480 e. The Morgan fingerprint density at radius 3 is 2.87 bits per heavy atom. The van der Waals surface area contributed by atoms with Crippen molar-refractivity contribution < 1.29 is 14.3 Å². The van der Waals surface area contributed by atoms with E-state index in [2.05, 4.69) is 38.4 Å². The van der Waals surface area contributed by atoms with E-state index in [1.54, 1.807) is 6.07 Å². The minimum atomic E-state index is -0.761. The third-order valence-corrected chi connectivity index (χ3v) is 7.02. The summed E-state index contributed by atoms with van der Waals surface area (Å²) in [6, 6.07) is 6.42. The van der Waals surface area contributed by atoms with Crippen molar-refractivity contribution in [1.82, 2.24) is 21.2 Å². The number of nitrogens with zero attached hydrogens (tertiary/aromatic N) is 3. The predicted molar refractivity (Wildman–Crippen MR) is 110 cm³/mol. The van der Waals surface area contributed by atoms with Crippen LogP contribution in [0.4, 0.5) is 4.39 Å². The van der Waals surface area contributed by atoms with Gasteiger partial charge in [-0.1, -0.05) is 30.3 Å². The molecule has 3 aliphatic rings. The molecule has 0 aromatic heterocycles. The molecule has 8 nitrogen and oxygen atoms in total. The molecule has 0 bridgehead atoms. The first-order valence-electron chi connectivity index (χ1n) is 10.8. The van der Waals surface area contributed by atoms with Crippen LogP contribution in [0.3, 0.4) is 0 Å². The number of aliphatic carboxylic acids is 1. The fraction of sp³-hybridized carbons (Fsp3) is 0.667. The Morgan fingerprint density at radius 1 is 1.30 bits per heavy atom. The molecule has 0 radical (unpaired) electrons. The maximum atomic E-state index is 14.3. The third kappa shape index (κ3) is 4.79. The van der Waals surface area contributed by atoms with E-state index >= 15 is 0 Å². The maximum Gasteiger partial charge on any atom is 0.320 e. The molecule has 164 valence electrons. The first-order chi connectivity index (χ1) is 14.4. The van der Waals surface area contributed by atoms with Gasteiger partial charge in [0.15, 0.2) is 6.17 Å². The van der Waals surface area contributed by atoms with E-state index in [-0.39, 0.29) is 17.4 Å². The third-order valence-electron chi connectivity index (χ3n) is 7.02. The molecule has 4 N–H and O–H groups in total. The van der Waals surface area contributed by atoms with Crippen LogP contribution in [-0.2, 0) is 11.3 Å². The van der Waals surface area contributed by atoms with E-state index in [0.29, 0.717) is 36.9 Å². The van der Waals surface area contributed by atoms with E-state index in [1.165, 1.54) is 6.07 Å². The molecule has 1 aromatic rings. The number of carboxylic acid groups (broad SMARTS) is 1. The topological polar surface area (TPSA) is 101 Å². The van der Waals surface area contributed by atoms with Crippen LogP contribution in [0.2, 0.25) is 0 Å². The Balaban J connectivity index is 1.44. The number of halogens is 1. The van der Waals surface area contributed by atoms with Crippen LogP contribution in [0.15, 0.2) is 34.6 Å². The molecule has 1 saturated heterocycles. The van der Waals surface area contributed by atoms with Crippen molar-refractivity contribution in [2.45, 2.75) is 51.4 Å². The van der Waals surface area contributed by atoms with Crippen LogP contribution in [0.1, 0.15) is 38.2 Å².